The van der Waals surface area contributed by atoms with E-state index in [0.29, 0.717) is 11.5 Å². The van der Waals surface area contributed by atoms with Gasteiger partial charge in [0.15, 0.2) is 5.96 Å². The van der Waals surface area contributed by atoms with Gasteiger partial charge in [-0.05, 0) is 48.3 Å². The Kier molecular flexibility index (Phi) is 2.27. The van der Waals surface area contributed by atoms with Gasteiger partial charge in [-0.25, -0.2) is 0 Å². The number of hydrogen-bond acceptors (Lipinski definition) is 1. The minimum Gasteiger partial charge on any atom is -0.370 e. The number of nitrogens with zero attached hydrogens (tertiary/aromatic N) is 1. The molecule has 5 atom stereocenters. The number of nitrogens with two attached hydrogens (primary N) is 1. The van der Waals surface area contributed by atoms with Gasteiger partial charge >= 0.3 is 0 Å². The molecule has 3 heteroatoms. The van der Waals surface area contributed by atoms with Gasteiger partial charge in [0.2, 0.25) is 0 Å². The van der Waals surface area contributed by atoms with Crippen molar-refractivity contribution in [3.8, 4) is 0 Å². The van der Waals surface area contributed by atoms with Crippen molar-refractivity contribution in [1.29, 1.82) is 5.41 Å². The normalized spacial score (nSPS) is 47.0. The summed E-state index contributed by atoms with van der Waals surface area (Å²) >= 11 is 0. The summed E-state index contributed by atoms with van der Waals surface area (Å²) < 4.78 is 0. The molecule has 1 aliphatic heterocycles. The van der Waals surface area contributed by atoms with E-state index in [1.165, 1.54) is 19.3 Å². The van der Waals surface area contributed by atoms with E-state index in [2.05, 4.69) is 25.7 Å². The molecule has 1 saturated heterocycles. The molecule has 96 valence electrons. The highest BCUT2D eigenvalue weighted by molar-refractivity contribution is 5.75. The molecule has 0 spiro atoms. The lowest BCUT2D eigenvalue weighted by Gasteiger charge is -2.65. The maximum absolute atomic E-state index is 7.61. The number of fused-ring (bicyclic) bond motifs is 2. The molecule has 17 heavy (non-hydrogen) atoms. The average molecular weight is 235 g/mol. The van der Waals surface area contributed by atoms with Gasteiger partial charge in [-0.15, -0.1) is 0 Å². The van der Waals surface area contributed by atoms with Crippen LogP contribution in [0.25, 0.3) is 0 Å². The fourth-order valence-corrected chi connectivity index (χ4v) is 4.85. The Hall–Kier alpha value is -0.730. The van der Waals surface area contributed by atoms with Crippen LogP contribution in [-0.2, 0) is 0 Å². The molecular formula is C14H25N3. The van der Waals surface area contributed by atoms with E-state index in [1.54, 1.807) is 0 Å². The predicted octanol–water partition coefficient (Wildman–Crippen LogP) is 2.27. The van der Waals surface area contributed by atoms with E-state index in [1.807, 2.05) is 0 Å². The van der Waals surface area contributed by atoms with Crippen LogP contribution in [0, 0.1) is 34.5 Å². The molecule has 1 unspecified atom stereocenters. The molecule has 3 saturated carbocycles. The third-order valence-electron chi connectivity index (χ3n) is 6.28. The van der Waals surface area contributed by atoms with Crippen LogP contribution in [0.5, 0.6) is 0 Å². The molecule has 0 amide bonds. The van der Waals surface area contributed by atoms with E-state index < -0.39 is 0 Å². The third-order valence-corrected chi connectivity index (χ3v) is 6.28. The summed E-state index contributed by atoms with van der Waals surface area (Å²) in [6.45, 7) is 8.33. The molecule has 0 aromatic rings. The van der Waals surface area contributed by atoms with Gasteiger partial charge in [0, 0.05) is 12.6 Å². The topological polar surface area (TPSA) is 53.1 Å². The molecule has 4 aliphatic rings. The second kappa shape index (κ2) is 3.39. The Morgan fingerprint density at radius 1 is 1.35 bits per heavy atom. The van der Waals surface area contributed by atoms with E-state index in [-0.39, 0.29) is 5.96 Å². The van der Waals surface area contributed by atoms with Gasteiger partial charge in [0.25, 0.3) is 0 Å². The lowest BCUT2D eigenvalue weighted by molar-refractivity contribution is -0.149. The first-order valence-corrected chi connectivity index (χ1v) is 7.03. The lowest BCUT2D eigenvalue weighted by atomic mass is 9.42. The molecule has 1 heterocycles. The molecule has 0 aromatic carbocycles. The highest BCUT2D eigenvalue weighted by atomic mass is 15.3. The van der Waals surface area contributed by atoms with Crippen LogP contribution < -0.4 is 5.73 Å². The Labute approximate surface area is 104 Å². The van der Waals surface area contributed by atoms with Gasteiger partial charge in [-0.2, -0.15) is 0 Å². The second-order valence-corrected chi connectivity index (χ2v) is 7.05. The fourth-order valence-electron chi connectivity index (χ4n) is 4.85. The summed E-state index contributed by atoms with van der Waals surface area (Å²) in [5, 5.41) is 7.61. The van der Waals surface area contributed by atoms with Gasteiger partial charge in [-0.1, -0.05) is 20.8 Å². The van der Waals surface area contributed by atoms with Crippen LogP contribution >= 0.6 is 0 Å². The standard InChI is InChI=1S/C14H25N3/c1-8-10(12-4-5-17(12)13(15)16)6-9-7-11(8)14(9,2)3/h8-12H,4-7H2,1-3H3,(H3,15,16)/t8-,9-,10+,11-,12?/m1/s1. The zero-order valence-electron chi connectivity index (χ0n) is 11.2. The van der Waals surface area contributed by atoms with Crippen molar-refractivity contribution in [1.82, 2.24) is 4.90 Å². The van der Waals surface area contributed by atoms with Crippen molar-refractivity contribution in [2.45, 2.75) is 46.1 Å². The molecule has 0 radical (unpaired) electrons. The Morgan fingerprint density at radius 2 is 2.06 bits per heavy atom. The van der Waals surface area contributed by atoms with E-state index in [0.717, 1.165) is 30.2 Å². The number of hydrogen-bond donors (Lipinski definition) is 2. The lowest BCUT2D eigenvalue weighted by Crippen LogP contribution is -2.64. The highest BCUT2D eigenvalue weighted by Gasteiger charge is 2.58. The highest BCUT2D eigenvalue weighted by Crippen LogP contribution is 2.64. The largest absolute Gasteiger partial charge is 0.370 e. The van der Waals surface area contributed by atoms with Crippen LogP contribution in [0.1, 0.15) is 40.0 Å². The molecule has 0 aromatic heterocycles. The van der Waals surface area contributed by atoms with Crippen molar-refractivity contribution in [3.63, 3.8) is 0 Å². The van der Waals surface area contributed by atoms with Crippen LogP contribution in [0.4, 0.5) is 0 Å². The number of rotatable bonds is 1. The van der Waals surface area contributed by atoms with Crippen LogP contribution in [0.3, 0.4) is 0 Å². The molecule has 2 bridgehead atoms. The van der Waals surface area contributed by atoms with Gasteiger partial charge in [-0.3, -0.25) is 5.41 Å². The molecule has 3 aliphatic carbocycles. The number of guanidine groups is 1. The Morgan fingerprint density at radius 3 is 2.47 bits per heavy atom. The molecular weight excluding hydrogens is 210 g/mol. The maximum Gasteiger partial charge on any atom is 0.188 e. The van der Waals surface area contributed by atoms with Crippen LogP contribution in [0.2, 0.25) is 0 Å². The third kappa shape index (κ3) is 1.37. The zero-order chi connectivity index (χ0) is 12.4. The van der Waals surface area contributed by atoms with Gasteiger partial charge in [0.1, 0.15) is 0 Å². The molecule has 4 rings (SSSR count). The first kappa shape index (κ1) is 11.4. The molecule has 3 nitrogen and oxygen atoms in total. The quantitative estimate of drug-likeness (QED) is 0.541. The predicted molar refractivity (Wildman–Crippen MR) is 69.7 cm³/mol. The van der Waals surface area contributed by atoms with Crippen molar-refractivity contribution in [2.75, 3.05) is 6.54 Å². The Balaban J connectivity index is 1.73. The smallest absolute Gasteiger partial charge is 0.188 e. The number of likely N-dealkylation sites (tertiary alicyclic amines) is 1. The zero-order valence-corrected chi connectivity index (χ0v) is 11.2. The SMILES string of the molecule is C[C@@H]1[C@@H](C2CCN2C(=N)N)C[C@@H]2C[C@H]1C2(C)C. The van der Waals surface area contributed by atoms with E-state index >= 15 is 0 Å². The van der Waals surface area contributed by atoms with E-state index in [9.17, 15) is 0 Å². The van der Waals surface area contributed by atoms with Crippen molar-refractivity contribution in [2.24, 2.45) is 34.8 Å². The van der Waals surface area contributed by atoms with E-state index in [4.69, 9.17) is 11.1 Å². The summed E-state index contributed by atoms with van der Waals surface area (Å²) in [7, 11) is 0. The fraction of sp³-hybridized carbons (Fsp3) is 0.929. The average Bonchev–Trinajstić information content (AvgIpc) is 2.17. The first-order valence-electron chi connectivity index (χ1n) is 7.03. The second-order valence-electron chi connectivity index (χ2n) is 7.05. The van der Waals surface area contributed by atoms with Gasteiger partial charge < -0.3 is 10.6 Å². The van der Waals surface area contributed by atoms with Gasteiger partial charge in [0.05, 0.1) is 0 Å². The maximum atomic E-state index is 7.61. The number of nitrogens with one attached hydrogen (secondary N) is 1. The monoisotopic (exact) mass is 235 g/mol. The summed E-state index contributed by atoms with van der Waals surface area (Å²) in [5.74, 6) is 3.70. The first-order chi connectivity index (χ1) is 7.93. The molecule has 3 N–H and O–H groups in total. The summed E-state index contributed by atoms with van der Waals surface area (Å²) in [4.78, 5) is 2.11. The minimum atomic E-state index is 0.284. The molecule has 4 fully saturated rings. The van der Waals surface area contributed by atoms with Crippen LogP contribution in [0.15, 0.2) is 0 Å². The summed E-state index contributed by atoms with van der Waals surface area (Å²) in [6.07, 6.45) is 4.05. The Bertz CT molecular complexity index is 349. The minimum absolute atomic E-state index is 0.284. The summed E-state index contributed by atoms with van der Waals surface area (Å²) in [6, 6.07) is 0.573. The van der Waals surface area contributed by atoms with Crippen molar-refractivity contribution >= 4 is 5.96 Å². The summed E-state index contributed by atoms with van der Waals surface area (Å²) in [5.41, 5.74) is 6.22. The van der Waals surface area contributed by atoms with Crippen molar-refractivity contribution in [3.05, 3.63) is 0 Å². The van der Waals surface area contributed by atoms with Crippen LogP contribution in [-0.4, -0.2) is 23.4 Å². The van der Waals surface area contributed by atoms with Crippen molar-refractivity contribution < 1.29 is 0 Å².